The van der Waals surface area contributed by atoms with Gasteiger partial charge in [0.15, 0.2) is 5.69 Å². The van der Waals surface area contributed by atoms with Gasteiger partial charge in [-0.1, -0.05) is 30.3 Å². The summed E-state index contributed by atoms with van der Waals surface area (Å²) in [6.07, 6.45) is -0.671. The molecule has 7 nitrogen and oxygen atoms in total. The molecule has 0 aliphatic rings. The standard InChI is InChI=1S/C27H24F3N5O2/c1-16-11-23(31)35-24(27(28,29)30)22(16)15-34-26(37)20-8-10-32-21(14-20)13-18-6-4-17(5-7-18)12-19-3-2-9-33-25(19)36/h2-11,14H,12-13,15H2,1H3,(H2,31,35)(H,33,36)(H,34,37). The molecule has 0 saturated carbocycles. The molecule has 0 atom stereocenters. The van der Waals surface area contributed by atoms with Gasteiger partial charge >= 0.3 is 6.18 Å². The predicted octanol–water partition coefficient (Wildman–Crippen LogP) is 4.19. The third kappa shape index (κ3) is 6.40. The Hall–Kier alpha value is -4.47. The van der Waals surface area contributed by atoms with Crippen molar-refractivity contribution in [2.75, 3.05) is 5.73 Å². The number of alkyl halides is 3. The van der Waals surface area contributed by atoms with Crippen LogP contribution in [0.5, 0.6) is 0 Å². The fourth-order valence-corrected chi connectivity index (χ4v) is 3.97. The van der Waals surface area contributed by atoms with E-state index in [1.807, 2.05) is 24.3 Å². The van der Waals surface area contributed by atoms with Gasteiger partial charge in [-0.25, -0.2) is 4.98 Å². The second-order valence-electron chi connectivity index (χ2n) is 8.60. The maximum atomic E-state index is 13.4. The van der Waals surface area contributed by atoms with Crippen molar-refractivity contribution in [3.05, 3.63) is 122 Å². The zero-order valence-electron chi connectivity index (χ0n) is 19.9. The van der Waals surface area contributed by atoms with E-state index in [2.05, 4.69) is 20.3 Å². The van der Waals surface area contributed by atoms with Gasteiger partial charge in [0, 0.05) is 54.2 Å². The number of hydrogen-bond donors (Lipinski definition) is 3. The Morgan fingerprint density at radius 1 is 1.05 bits per heavy atom. The molecule has 3 aromatic heterocycles. The Morgan fingerprint density at radius 3 is 2.43 bits per heavy atom. The molecule has 0 aliphatic heterocycles. The smallest absolute Gasteiger partial charge is 0.384 e. The number of amides is 1. The highest BCUT2D eigenvalue weighted by atomic mass is 19.4. The van der Waals surface area contributed by atoms with Crippen molar-refractivity contribution >= 4 is 11.7 Å². The summed E-state index contributed by atoms with van der Waals surface area (Å²) in [6.45, 7) is 1.14. The lowest BCUT2D eigenvalue weighted by atomic mass is 10.0. The van der Waals surface area contributed by atoms with E-state index >= 15 is 0 Å². The Balaban J connectivity index is 1.43. The van der Waals surface area contributed by atoms with Crippen LogP contribution in [-0.4, -0.2) is 20.9 Å². The van der Waals surface area contributed by atoms with Crippen molar-refractivity contribution < 1.29 is 18.0 Å². The molecule has 4 N–H and O–H groups in total. The number of nitrogens with two attached hydrogens (primary N) is 1. The first-order valence-corrected chi connectivity index (χ1v) is 11.4. The van der Waals surface area contributed by atoms with E-state index in [4.69, 9.17) is 5.73 Å². The fourth-order valence-electron chi connectivity index (χ4n) is 3.97. The highest BCUT2D eigenvalue weighted by Gasteiger charge is 2.36. The van der Waals surface area contributed by atoms with Crippen LogP contribution in [0.1, 0.15) is 49.6 Å². The number of nitrogen functional groups attached to an aromatic ring is 1. The molecule has 190 valence electrons. The summed E-state index contributed by atoms with van der Waals surface area (Å²) in [5.74, 6) is -0.767. The van der Waals surface area contributed by atoms with Crippen LogP contribution in [0.2, 0.25) is 0 Å². The molecule has 3 heterocycles. The van der Waals surface area contributed by atoms with Gasteiger partial charge in [0.05, 0.1) is 0 Å². The van der Waals surface area contributed by atoms with Gasteiger partial charge in [0.25, 0.3) is 11.5 Å². The molecule has 0 fully saturated rings. The fraction of sp³-hybridized carbons (Fsp3) is 0.185. The number of hydrogen-bond acceptors (Lipinski definition) is 5. The monoisotopic (exact) mass is 507 g/mol. The van der Waals surface area contributed by atoms with Crippen molar-refractivity contribution in [2.45, 2.75) is 32.5 Å². The quantitative estimate of drug-likeness (QED) is 0.347. The largest absolute Gasteiger partial charge is 0.433 e. The molecule has 4 rings (SSSR count). The topological polar surface area (TPSA) is 114 Å². The summed E-state index contributed by atoms with van der Waals surface area (Å²) in [5.41, 5.74) is 7.90. The van der Waals surface area contributed by atoms with Crippen LogP contribution >= 0.6 is 0 Å². The lowest BCUT2D eigenvalue weighted by molar-refractivity contribution is -0.141. The average molecular weight is 508 g/mol. The van der Waals surface area contributed by atoms with E-state index in [9.17, 15) is 22.8 Å². The lowest BCUT2D eigenvalue weighted by Crippen LogP contribution is -2.26. The summed E-state index contributed by atoms with van der Waals surface area (Å²) in [4.78, 5) is 35.0. The zero-order chi connectivity index (χ0) is 26.6. The van der Waals surface area contributed by atoms with Crippen molar-refractivity contribution in [1.29, 1.82) is 0 Å². The van der Waals surface area contributed by atoms with Crippen LogP contribution in [0, 0.1) is 6.92 Å². The number of H-pyrrole nitrogens is 1. The Bertz CT molecular complexity index is 1480. The predicted molar refractivity (Wildman–Crippen MR) is 133 cm³/mol. The minimum absolute atomic E-state index is 0.122. The highest BCUT2D eigenvalue weighted by Crippen LogP contribution is 2.32. The van der Waals surface area contributed by atoms with Gasteiger partial charge in [-0.05, 0) is 47.9 Å². The zero-order valence-corrected chi connectivity index (χ0v) is 19.9. The summed E-state index contributed by atoms with van der Waals surface area (Å²) >= 11 is 0. The van der Waals surface area contributed by atoms with Crippen molar-refractivity contribution in [2.24, 2.45) is 0 Å². The second-order valence-corrected chi connectivity index (χ2v) is 8.60. The van der Waals surface area contributed by atoms with Crippen LogP contribution in [0.15, 0.2) is 71.8 Å². The lowest BCUT2D eigenvalue weighted by Gasteiger charge is -2.16. The number of benzene rings is 1. The first-order chi connectivity index (χ1) is 17.6. The van der Waals surface area contributed by atoms with Crippen molar-refractivity contribution in [3.63, 3.8) is 0 Å². The van der Waals surface area contributed by atoms with Crippen LogP contribution in [0.25, 0.3) is 0 Å². The molecule has 0 spiro atoms. The molecule has 37 heavy (non-hydrogen) atoms. The molecule has 1 aromatic carbocycles. The maximum absolute atomic E-state index is 13.4. The summed E-state index contributed by atoms with van der Waals surface area (Å²) in [5, 5.41) is 2.54. The van der Waals surface area contributed by atoms with E-state index in [0.29, 0.717) is 24.1 Å². The normalized spacial score (nSPS) is 11.4. The molecule has 10 heteroatoms. The Labute approximate surface area is 210 Å². The number of aryl methyl sites for hydroxylation is 1. The first kappa shape index (κ1) is 25.6. The van der Waals surface area contributed by atoms with E-state index < -0.39 is 17.8 Å². The van der Waals surface area contributed by atoms with Crippen LogP contribution < -0.4 is 16.6 Å². The van der Waals surface area contributed by atoms with Gasteiger partial charge in [-0.3, -0.25) is 14.6 Å². The molecule has 0 bridgehead atoms. The number of carbonyl (C=O) groups excluding carboxylic acids is 1. The van der Waals surface area contributed by atoms with Gasteiger partial charge in [0.2, 0.25) is 0 Å². The molecular formula is C27H24F3N5O2. The first-order valence-electron chi connectivity index (χ1n) is 11.4. The van der Waals surface area contributed by atoms with Crippen molar-refractivity contribution in [1.82, 2.24) is 20.3 Å². The van der Waals surface area contributed by atoms with Gasteiger partial charge in [-0.2, -0.15) is 13.2 Å². The SMILES string of the molecule is Cc1cc(N)nc(C(F)(F)F)c1CNC(=O)c1ccnc(Cc2ccc(Cc3ccc[nH]c3=O)cc2)c1. The summed E-state index contributed by atoms with van der Waals surface area (Å²) in [6, 6.07) is 15.7. The number of rotatable bonds is 7. The number of pyridine rings is 3. The number of nitrogens with one attached hydrogen (secondary N) is 2. The minimum atomic E-state index is -4.70. The molecule has 0 aliphatic carbocycles. The average Bonchev–Trinajstić information content (AvgIpc) is 2.85. The van der Waals surface area contributed by atoms with E-state index in [-0.39, 0.29) is 34.6 Å². The van der Waals surface area contributed by atoms with Gasteiger partial charge in [-0.15, -0.1) is 0 Å². The van der Waals surface area contributed by atoms with Crippen LogP contribution in [0.4, 0.5) is 19.0 Å². The third-order valence-corrected chi connectivity index (χ3v) is 5.84. The molecule has 1 amide bonds. The number of halogens is 3. The number of carbonyl (C=O) groups is 1. The highest BCUT2D eigenvalue weighted by molar-refractivity contribution is 5.94. The second kappa shape index (κ2) is 10.7. The number of anilines is 1. The van der Waals surface area contributed by atoms with Gasteiger partial charge in [0.1, 0.15) is 5.82 Å². The summed E-state index contributed by atoms with van der Waals surface area (Å²) < 4.78 is 40.2. The molecular weight excluding hydrogens is 483 g/mol. The van der Waals surface area contributed by atoms with Crippen LogP contribution in [0.3, 0.4) is 0 Å². The van der Waals surface area contributed by atoms with E-state index in [0.717, 1.165) is 11.1 Å². The van der Waals surface area contributed by atoms with Gasteiger partial charge < -0.3 is 16.0 Å². The number of nitrogens with zero attached hydrogens (tertiary/aromatic N) is 2. The van der Waals surface area contributed by atoms with E-state index in [1.165, 1.54) is 25.3 Å². The maximum Gasteiger partial charge on any atom is 0.433 e. The molecule has 0 unspecified atom stereocenters. The van der Waals surface area contributed by atoms with E-state index in [1.54, 1.807) is 24.4 Å². The summed E-state index contributed by atoms with van der Waals surface area (Å²) in [7, 11) is 0. The van der Waals surface area contributed by atoms with Crippen LogP contribution in [-0.2, 0) is 25.6 Å². The van der Waals surface area contributed by atoms with Crippen molar-refractivity contribution in [3.8, 4) is 0 Å². The Morgan fingerprint density at radius 2 is 1.76 bits per heavy atom. The third-order valence-electron chi connectivity index (χ3n) is 5.84. The molecule has 4 aromatic rings. The molecule has 0 radical (unpaired) electrons. The number of aromatic nitrogens is 3. The minimum Gasteiger partial charge on any atom is -0.384 e. The number of aromatic amines is 1. The molecule has 0 saturated heterocycles. The Kier molecular flexibility index (Phi) is 7.37.